The van der Waals surface area contributed by atoms with Crippen LogP contribution in [0.3, 0.4) is 0 Å². The summed E-state index contributed by atoms with van der Waals surface area (Å²) in [7, 11) is 1.41. The summed E-state index contributed by atoms with van der Waals surface area (Å²) in [5.74, 6) is -1.24. The van der Waals surface area contributed by atoms with Crippen molar-refractivity contribution in [1.82, 2.24) is 5.32 Å². The van der Waals surface area contributed by atoms with E-state index in [0.717, 1.165) is 5.56 Å². The quantitative estimate of drug-likeness (QED) is 0.650. The van der Waals surface area contributed by atoms with Gasteiger partial charge in [0.05, 0.1) is 6.04 Å². The van der Waals surface area contributed by atoms with Crippen LogP contribution in [-0.4, -0.2) is 36.7 Å². The zero-order valence-corrected chi connectivity index (χ0v) is 11.4. The van der Waals surface area contributed by atoms with Crippen LogP contribution < -0.4 is 11.1 Å². The van der Waals surface area contributed by atoms with Crippen molar-refractivity contribution < 1.29 is 19.4 Å². The van der Waals surface area contributed by atoms with Gasteiger partial charge < -0.3 is 20.9 Å². The van der Waals surface area contributed by atoms with Gasteiger partial charge in [-0.25, -0.2) is 0 Å². The number of nitrogens with one attached hydrogen (secondary N) is 1. The van der Waals surface area contributed by atoms with Crippen molar-refractivity contribution in [2.75, 3.05) is 13.7 Å². The molecule has 6 nitrogen and oxygen atoms in total. The molecule has 1 aromatic carbocycles. The molecule has 1 amide bonds. The van der Waals surface area contributed by atoms with E-state index in [4.69, 9.17) is 15.6 Å². The number of carboxylic acid groups (broad SMARTS) is 1. The molecular weight excluding hydrogens is 260 g/mol. The molecule has 6 heteroatoms. The van der Waals surface area contributed by atoms with Gasteiger partial charge in [0.2, 0.25) is 0 Å². The average molecular weight is 280 g/mol. The predicted molar refractivity (Wildman–Crippen MR) is 74.0 cm³/mol. The van der Waals surface area contributed by atoms with Crippen molar-refractivity contribution in [2.24, 2.45) is 5.73 Å². The number of amides is 1. The lowest BCUT2D eigenvalue weighted by Gasteiger charge is -2.21. The number of carboxylic acids is 1. The van der Waals surface area contributed by atoms with Gasteiger partial charge in [0.25, 0.3) is 5.91 Å². The largest absolute Gasteiger partial charge is 0.481 e. The van der Waals surface area contributed by atoms with Crippen LogP contribution in [0.1, 0.15) is 24.4 Å². The lowest BCUT2D eigenvalue weighted by Crippen LogP contribution is -2.42. The summed E-state index contributed by atoms with van der Waals surface area (Å²) in [5.41, 5.74) is 6.30. The summed E-state index contributed by atoms with van der Waals surface area (Å²) in [6.07, 6.45) is -0.447. The second kappa shape index (κ2) is 8.29. The Morgan fingerprint density at radius 2 is 2.00 bits per heavy atom. The van der Waals surface area contributed by atoms with E-state index >= 15 is 0 Å². The van der Waals surface area contributed by atoms with E-state index in [1.54, 1.807) is 0 Å². The SMILES string of the molecule is COC(CN)C(=O)NC(CCC(=O)O)c1ccccc1. The van der Waals surface area contributed by atoms with E-state index in [1.165, 1.54) is 7.11 Å². The van der Waals surface area contributed by atoms with Crippen LogP contribution in [0.5, 0.6) is 0 Å². The smallest absolute Gasteiger partial charge is 0.303 e. The van der Waals surface area contributed by atoms with E-state index in [1.807, 2.05) is 30.3 Å². The summed E-state index contributed by atoms with van der Waals surface area (Å²) in [6, 6.07) is 8.85. The number of ether oxygens (including phenoxy) is 1. The molecule has 0 aliphatic carbocycles. The van der Waals surface area contributed by atoms with Gasteiger partial charge in [-0.15, -0.1) is 0 Å². The Hall–Kier alpha value is -1.92. The van der Waals surface area contributed by atoms with E-state index in [2.05, 4.69) is 5.32 Å². The Kier molecular flexibility index (Phi) is 6.69. The molecule has 110 valence electrons. The van der Waals surface area contributed by atoms with Crippen molar-refractivity contribution in [3.05, 3.63) is 35.9 Å². The third-order valence-electron chi connectivity index (χ3n) is 2.96. The molecule has 1 aromatic rings. The fraction of sp³-hybridized carbons (Fsp3) is 0.429. The molecule has 2 atom stereocenters. The maximum atomic E-state index is 12.0. The van der Waals surface area contributed by atoms with Crippen molar-refractivity contribution in [1.29, 1.82) is 0 Å². The van der Waals surface area contributed by atoms with Crippen molar-refractivity contribution in [2.45, 2.75) is 25.0 Å². The summed E-state index contributed by atoms with van der Waals surface area (Å²) in [6.45, 7) is 0.0722. The number of aliphatic carboxylic acids is 1. The molecule has 20 heavy (non-hydrogen) atoms. The van der Waals surface area contributed by atoms with Gasteiger partial charge in [-0.1, -0.05) is 30.3 Å². The fourth-order valence-electron chi connectivity index (χ4n) is 1.85. The van der Waals surface area contributed by atoms with Crippen LogP contribution in [0.15, 0.2) is 30.3 Å². The Morgan fingerprint density at radius 1 is 1.35 bits per heavy atom. The van der Waals surface area contributed by atoms with Crippen molar-refractivity contribution in [3.63, 3.8) is 0 Å². The monoisotopic (exact) mass is 280 g/mol. The number of rotatable bonds is 8. The Morgan fingerprint density at radius 3 is 2.50 bits per heavy atom. The van der Waals surface area contributed by atoms with E-state index in [9.17, 15) is 9.59 Å². The first-order valence-corrected chi connectivity index (χ1v) is 6.38. The number of hydrogen-bond donors (Lipinski definition) is 3. The first-order valence-electron chi connectivity index (χ1n) is 6.38. The highest BCUT2D eigenvalue weighted by atomic mass is 16.5. The second-order valence-electron chi connectivity index (χ2n) is 4.36. The van der Waals surface area contributed by atoms with E-state index in [0.29, 0.717) is 6.42 Å². The normalized spacial score (nSPS) is 13.5. The summed E-state index contributed by atoms with van der Waals surface area (Å²) in [5, 5.41) is 11.6. The highest BCUT2D eigenvalue weighted by Crippen LogP contribution is 2.18. The first kappa shape index (κ1) is 16.1. The number of benzene rings is 1. The molecule has 0 bridgehead atoms. The zero-order valence-electron chi connectivity index (χ0n) is 11.4. The fourth-order valence-corrected chi connectivity index (χ4v) is 1.85. The Bertz CT molecular complexity index is 432. The lowest BCUT2D eigenvalue weighted by atomic mass is 10.0. The van der Waals surface area contributed by atoms with Gasteiger partial charge in [0.15, 0.2) is 0 Å². The molecule has 0 aliphatic heterocycles. The third-order valence-corrected chi connectivity index (χ3v) is 2.96. The molecule has 0 radical (unpaired) electrons. The van der Waals surface area contributed by atoms with Crippen molar-refractivity contribution in [3.8, 4) is 0 Å². The topological polar surface area (TPSA) is 102 Å². The van der Waals surface area contributed by atoms with E-state index in [-0.39, 0.29) is 24.9 Å². The van der Waals surface area contributed by atoms with Gasteiger partial charge in [0.1, 0.15) is 6.10 Å². The molecule has 0 aromatic heterocycles. The van der Waals surface area contributed by atoms with Gasteiger partial charge >= 0.3 is 5.97 Å². The highest BCUT2D eigenvalue weighted by molar-refractivity contribution is 5.81. The molecule has 0 fully saturated rings. The molecule has 0 spiro atoms. The standard InChI is InChI=1S/C14H20N2O4/c1-20-12(9-15)14(19)16-11(7-8-13(17)18)10-5-3-2-4-6-10/h2-6,11-12H,7-9,15H2,1H3,(H,16,19)(H,17,18). The van der Waals surface area contributed by atoms with Crippen LogP contribution in [0.4, 0.5) is 0 Å². The average Bonchev–Trinajstić information content (AvgIpc) is 2.45. The third kappa shape index (κ3) is 4.99. The van der Waals surface area contributed by atoms with Crippen LogP contribution >= 0.6 is 0 Å². The molecule has 1 rings (SSSR count). The number of methoxy groups -OCH3 is 1. The first-order chi connectivity index (χ1) is 9.58. The summed E-state index contributed by atoms with van der Waals surface area (Å²) >= 11 is 0. The second-order valence-corrected chi connectivity index (χ2v) is 4.36. The summed E-state index contributed by atoms with van der Waals surface area (Å²) in [4.78, 5) is 22.7. The molecule has 0 saturated heterocycles. The number of carbonyl (C=O) groups excluding carboxylic acids is 1. The maximum Gasteiger partial charge on any atom is 0.303 e. The molecule has 0 aliphatic rings. The lowest BCUT2D eigenvalue weighted by molar-refractivity contribution is -0.138. The Labute approximate surface area is 117 Å². The predicted octanol–water partition coefficient (Wildman–Crippen LogP) is 0.682. The van der Waals surface area contributed by atoms with Crippen LogP contribution in [0.25, 0.3) is 0 Å². The molecular formula is C14H20N2O4. The molecule has 2 unspecified atom stereocenters. The zero-order chi connectivity index (χ0) is 15.0. The van der Waals surface area contributed by atoms with E-state index < -0.39 is 12.1 Å². The summed E-state index contributed by atoms with van der Waals surface area (Å²) < 4.78 is 4.97. The number of hydrogen-bond acceptors (Lipinski definition) is 4. The van der Waals surface area contributed by atoms with Gasteiger partial charge in [-0.3, -0.25) is 9.59 Å². The number of carbonyl (C=O) groups is 2. The Balaban J connectivity index is 2.77. The minimum absolute atomic E-state index is 0.0277. The molecule has 0 heterocycles. The van der Waals surface area contributed by atoms with Gasteiger partial charge in [-0.05, 0) is 12.0 Å². The minimum atomic E-state index is -0.901. The van der Waals surface area contributed by atoms with Crippen LogP contribution in [0, 0.1) is 0 Å². The van der Waals surface area contributed by atoms with Crippen LogP contribution in [-0.2, 0) is 14.3 Å². The van der Waals surface area contributed by atoms with Crippen molar-refractivity contribution >= 4 is 11.9 Å². The minimum Gasteiger partial charge on any atom is -0.481 e. The highest BCUT2D eigenvalue weighted by Gasteiger charge is 2.21. The molecule has 4 N–H and O–H groups in total. The number of nitrogens with two attached hydrogens (primary N) is 1. The van der Waals surface area contributed by atoms with Gasteiger partial charge in [0, 0.05) is 20.1 Å². The van der Waals surface area contributed by atoms with Gasteiger partial charge in [-0.2, -0.15) is 0 Å². The maximum absolute atomic E-state index is 12.0. The van der Waals surface area contributed by atoms with Crippen LogP contribution in [0.2, 0.25) is 0 Å². The molecule has 0 saturated carbocycles.